The van der Waals surface area contributed by atoms with E-state index in [-0.39, 0.29) is 5.82 Å². The summed E-state index contributed by atoms with van der Waals surface area (Å²) >= 11 is 0. The molecule has 0 saturated carbocycles. The first kappa shape index (κ1) is 13.6. The lowest BCUT2D eigenvalue weighted by Gasteiger charge is -2.18. The maximum atomic E-state index is 13.2. The van der Waals surface area contributed by atoms with Crippen LogP contribution in [0.1, 0.15) is 16.7 Å². The smallest absolute Gasteiger partial charge is 0.128 e. The van der Waals surface area contributed by atoms with Crippen molar-refractivity contribution >= 4 is 5.84 Å². The molecule has 1 N–H and O–H groups in total. The Labute approximate surface area is 123 Å². The van der Waals surface area contributed by atoms with Crippen molar-refractivity contribution in [3.8, 4) is 5.75 Å². The van der Waals surface area contributed by atoms with Crippen molar-refractivity contribution in [2.24, 2.45) is 0 Å². The van der Waals surface area contributed by atoms with E-state index in [4.69, 9.17) is 10.1 Å². The normalized spacial score (nSPS) is 13.4. The second-order valence-corrected chi connectivity index (χ2v) is 5.24. The minimum Gasteiger partial charge on any atom is -0.492 e. The molecule has 21 heavy (non-hydrogen) atoms. The second-order valence-electron chi connectivity index (χ2n) is 5.24. The van der Waals surface area contributed by atoms with Gasteiger partial charge in [-0.1, -0.05) is 18.2 Å². The zero-order valence-electron chi connectivity index (χ0n) is 11.9. The van der Waals surface area contributed by atoms with Crippen molar-refractivity contribution in [1.82, 2.24) is 4.90 Å². The molecule has 0 aromatic heterocycles. The zero-order valence-corrected chi connectivity index (χ0v) is 11.9. The van der Waals surface area contributed by atoms with Crippen LogP contribution in [-0.2, 0) is 6.54 Å². The maximum absolute atomic E-state index is 13.2. The molecular weight excluding hydrogens is 267 g/mol. The van der Waals surface area contributed by atoms with Crippen LogP contribution in [0, 0.1) is 18.2 Å². The van der Waals surface area contributed by atoms with Crippen molar-refractivity contribution in [3.05, 3.63) is 65.0 Å². The molecule has 1 aliphatic rings. The van der Waals surface area contributed by atoms with Gasteiger partial charge in [0.1, 0.15) is 24.0 Å². The minimum absolute atomic E-state index is 0.295. The van der Waals surface area contributed by atoms with Crippen LogP contribution in [0.2, 0.25) is 0 Å². The van der Waals surface area contributed by atoms with Crippen LogP contribution >= 0.6 is 0 Å². The first-order valence-electron chi connectivity index (χ1n) is 6.95. The number of rotatable bonds is 4. The summed E-state index contributed by atoms with van der Waals surface area (Å²) in [5, 5.41) is 8.11. The molecule has 1 heterocycles. The van der Waals surface area contributed by atoms with E-state index in [2.05, 4.69) is 0 Å². The van der Waals surface area contributed by atoms with E-state index in [1.54, 1.807) is 6.07 Å². The summed E-state index contributed by atoms with van der Waals surface area (Å²) in [6.07, 6.45) is 0. The highest BCUT2D eigenvalue weighted by Crippen LogP contribution is 2.23. The Morgan fingerprint density at radius 1 is 1.24 bits per heavy atom. The van der Waals surface area contributed by atoms with Gasteiger partial charge in [-0.3, -0.25) is 5.41 Å². The SMILES string of the molecule is Cc1cccc(OCCN2Cc3ccc(F)cc3C2=N)c1. The lowest BCUT2D eigenvalue weighted by molar-refractivity contribution is 0.269. The molecule has 0 spiro atoms. The van der Waals surface area contributed by atoms with Gasteiger partial charge >= 0.3 is 0 Å². The van der Waals surface area contributed by atoms with Crippen molar-refractivity contribution in [2.45, 2.75) is 13.5 Å². The van der Waals surface area contributed by atoms with Crippen LogP contribution in [0.3, 0.4) is 0 Å². The predicted molar refractivity (Wildman–Crippen MR) is 80.3 cm³/mol. The van der Waals surface area contributed by atoms with Gasteiger partial charge in [0.05, 0.1) is 6.54 Å². The molecule has 0 bridgehead atoms. The van der Waals surface area contributed by atoms with Gasteiger partial charge in [-0.25, -0.2) is 4.39 Å². The number of nitrogens with zero attached hydrogens (tertiary/aromatic N) is 1. The zero-order chi connectivity index (χ0) is 14.8. The number of amidine groups is 1. The van der Waals surface area contributed by atoms with Crippen LogP contribution in [0.15, 0.2) is 42.5 Å². The fourth-order valence-electron chi connectivity index (χ4n) is 2.53. The van der Waals surface area contributed by atoms with Gasteiger partial charge in [0.15, 0.2) is 0 Å². The molecule has 0 fully saturated rings. The molecule has 0 amide bonds. The third-order valence-corrected chi connectivity index (χ3v) is 3.62. The highest BCUT2D eigenvalue weighted by Gasteiger charge is 2.24. The summed E-state index contributed by atoms with van der Waals surface area (Å²) in [6, 6.07) is 12.5. The predicted octanol–water partition coefficient (Wildman–Crippen LogP) is 3.35. The molecule has 0 radical (unpaired) electrons. The lowest BCUT2D eigenvalue weighted by Crippen LogP contribution is -2.28. The van der Waals surface area contributed by atoms with Crippen molar-refractivity contribution in [1.29, 1.82) is 5.41 Å². The van der Waals surface area contributed by atoms with Crippen LogP contribution in [0.25, 0.3) is 0 Å². The van der Waals surface area contributed by atoms with Crippen LogP contribution < -0.4 is 4.74 Å². The van der Waals surface area contributed by atoms with Crippen LogP contribution in [0.5, 0.6) is 5.75 Å². The monoisotopic (exact) mass is 284 g/mol. The van der Waals surface area contributed by atoms with Crippen LogP contribution in [-0.4, -0.2) is 23.9 Å². The average Bonchev–Trinajstić information content (AvgIpc) is 2.76. The Morgan fingerprint density at radius 2 is 2.10 bits per heavy atom. The molecule has 4 heteroatoms. The van der Waals surface area contributed by atoms with Gasteiger partial charge < -0.3 is 9.64 Å². The third-order valence-electron chi connectivity index (χ3n) is 3.62. The summed E-state index contributed by atoms with van der Waals surface area (Å²) in [7, 11) is 0. The maximum Gasteiger partial charge on any atom is 0.128 e. The Balaban J connectivity index is 1.59. The molecule has 0 saturated heterocycles. The van der Waals surface area contributed by atoms with Gasteiger partial charge in [0.25, 0.3) is 0 Å². The number of nitrogens with one attached hydrogen (secondary N) is 1. The number of halogens is 1. The second kappa shape index (κ2) is 5.56. The Kier molecular flexibility index (Phi) is 3.60. The number of aryl methyl sites for hydroxylation is 1. The van der Waals surface area contributed by atoms with E-state index >= 15 is 0 Å². The van der Waals surface area contributed by atoms with E-state index in [9.17, 15) is 4.39 Å². The van der Waals surface area contributed by atoms with E-state index in [1.807, 2.05) is 36.1 Å². The Morgan fingerprint density at radius 3 is 2.90 bits per heavy atom. The van der Waals surface area contributed by atoms with Gasteiger partial charge in [-0.05, 0) is 42.3 Å². The Bertz CT molecular complexity index is 684. The largest absolute Gasteiger partial charge is 0.492 e. The van der Waals surface area contributed by atoms with Crippen LogP contribution in [0.4, 0.5) is 4.39 Å². The number of fused-ring (bicyclic) bond motifs is 1. The highest BCUT2D eigenvalue weighted by molar-refractivity contribution is 6.00. The van der Waals surface area contributed by atoms with E-state index in [0.29, 0.717) is 31.1 Å². The van der Waals surface area contributed by atoms with Crippen molar-refractivity contribution in [2.75, 3.05) is 13.2 Å². The molecule has 3 rings (SSSR count). The van der Waals surface area contributed by atoms with Crippen molar-refractivity contribution < 1.29 is 9.13 Å². The summed E-state index contributed by atoms with van der Waals surface area (Å²) in [4.78, 5) is 1.90. The highest BCUT2D eigenvalue weighted by atomic mass is 19.1. The first-order valence-corrected chi connectivity index (χ1v) is 6.95. The quantitative estimate of drug-likeness (QED) is 0.934. The molecule has 0 atom stereocenters. The fraction of sp³-hybridized carbons (Fsp3) is 0.235. The average molecular weight is 284 g/mol. The van der Waals surface area contributed by atoms with E-state index in [0.717, 1.165) is 16.9 Å². The standard InChI is InChI=1S/C17H17FN2O/c1-12-3-2-4-15(9-12)21-8-7-20-11-13-5-6-14(18)10-16(13)17(20)19/h2-6,9-10,19H,7-8,11H2,1H3. The summed E-state index contributed by atoms with van der Waals surface area (Å²) in [5.74, 6) is 0.915. The van der Waals surface area contributed by atoms with E-state index in [1.165, 1.54) is 12.1 Å². The molecule has 108 valence electrons. The van der Waals surface area contributed by atoms with Gasteiger partial charge in [0.2, 0.25) is 0 Å². The number of ether oxygens (including phenoxy) is 1. The molecule has 0 unspecified atom stereocenters. The Hall–Kier alpha value is -2.36. The van der Waals surface area contributed by atoms with E-state index < -0.39 is 0 Å². The minimum atomic E-state index is -0.295. The molecule has 3 nitrogen and oxygen atoms in total. The number of hydrogen-bond donors (Lipinski definition) is 1. The molecular formula is C17H17FN2O. The van der Waals surface area contributed by atoms with Gasteiger partial charge in [-0.15, -0.1) is 0 Å². The fourth-order valence-corrected chi connectivity index (χ4v) is 2.53. The summed E-state index contributed by atoms with van der Waals surface area (Å²) < 4.78 is 18.9. The summed E-state index contributed by atoms with van der Waals surface area (Å²) in [6.45, 7) is 3.78. The molecule has 2 aromatic carbocycles. The lowest BCUT2D eigenvalue weighted by atomic mass is 10.1. The third kappa shape index (κ3) is 2.89. The topological polar surface area (TPSA) is 36.3 Å². The molecule has 2 aromatic rings. The number of hydrogen-bond acceptors (Lipinski definition) is 2. The van der Waals surface area contributed by atoms with Crippen molar-refractivity contribution in [3.63, 3.8) is 0 Å². The molecule has 1 aliphatic heterocycles. The summed E-state index contributed by atoms with van der Waals surface area (Å²) in [5.41, 5.74) is 2.84. The van der Waals surface area contributed by atoms with Gasteiger partial charge in [-0.2, -0.15) is 0 Å². The van der Waals surface area contributed by atoms with Gasteiger partial charge in [0, 0.05) is 12.1 Å². The molecule has 0 aliphatic carbocycles. The number of benzene rings is 2. The first-order chi connectivity index (χ1) is 10.1.